The first-order valence-corrected chi connectivity index (χ1v) is 4.82. The van der Waals surface area contributed by atoms with E-state index in [2.05, 4.69) is 0 Å². The van der Waals surface area contributed by atoms with Crippen molar-refractivity contribution in [2.24, 2.45) is 5.92 Å². The minimum atomic E-state index is -0.00119. The summed E-state index contributed by atoms with van der Waals surface area (Å²) < 4.78 is 5.42. The van der Waals surface area contributed by atoms with Gasteiger partial charge in [0.15, 0.2) is 0 Å². The summed E-state index contributed by atoms with van der Waals surface area (Å²) >= 11 is 0. The summed E-state index contributed by atoms with van der Waals surface area (Å²) in [6.07, 6.45) is 0. The maximum Gasteiger partial charge on any atom is 0.134 e. The largest absolute Gasteiger partial charge is 0.376 e. The molecule has 1 aromatic carbocycles. The zero-order chi connectivity index (χ0) is 10.4. The molecule has 0 aromatic heterocycles. The molecule has 0 saturated heterocycles. The van der Waals surface area contributed by atoms with Crippen LogP contribution in [0.15, 0.2) is 30.3 Å². The van der Waals surface area contributed by atoms with Gasteiger partial charge in [-0.05, 0) is 12.5 Å². The summed E-state index contributed by atoms with van der Waals surface area (Å²) in [7, 11) is 0. The van der Waals surface area contributed by atoms with Gasteiger partial charge in [0.05, 0.1) is 13.2 Å². The molecule has 14 heavy (non-hydrogen) atoms. The van der Waals surface area contributed by atoms with E-state index in [0.717, 1.165) is 5.56 Å². The van der Waals surface area contributed by atoms with Crippen molar-refractivity contribution >= 4 is 5.78 Å². The molecule has 0 aliphatic heterocycles. The fraction of sp³-hybridized carbons (Fsp3) is 0.417. The topological polar surface area (TPSA) is 26.3 Å². The van der Waals surface area contributed by atoms with Crippen molar-refractivity contribution in [2.75, 3.05) is 6.61 Å². The van der Waals surface area contributed by atoms with Crippen LogP contribution in [0.4, 0.5) is 0 Å². The molecule has 2 heteroatoms. The first kappa shape index (κ1) is 10.9. The predicted molar refractivity (Wildman–Crippen MR) is 55.9 cm³/mol. The van der Waals surface area contributed by atoms with Gasteiger partial charge in [-0.1, -0.05) is 37.3 Å². The van der Waals surface area contributed by atoms with Gasteiger partial charge in [0.1, 0.15) is 5.78 Å². The number of carbonyl (C=O) groups is 1. The van der Waals surface area contributed by atoms with Crippen molar-refractivity contribution in [1.29, 1.82) is 0 Å². The molecule has 1 aromatic rings. The normalized spacial score (nSPS) is 12.4. The van der Waals surface area contributed by atoms with Crippen LogP contribution in [0.3, 0.4) is 0 Å². The van der Waals surface area contributed by atoms with Crippen molar-refractivity contribution in [2.45, 2.75) is 20.5 Å². The summed E-state index contributed by atoms with van der Waals surface area (Å²) in [5.41, 5.74) is 1.14. The number of benzene rings is 1. The Labute approximate surface area is 84.9 Å². The Morgan fingerprint density at radius 3 is 2.57 bits per heavy atom. The second kappa shape index (κ2) is 5.55. The van der Waals surface area contributed by atoms with Gasteiger partial charge in [0.2, 0.25) is 0 Å². The predicted octanol–water partition coefficient (Wildman–Crippen LogP) is 2.43. The SMILES string of the molecule is CC(=O)[C@H](C)COCc1ccccc1. The van der Waals surface area contributed by atoms with E-state index in [1.54, 1.807) is 6.92 Å². The second-order valence-corrected chi connectivity index (χ2v) is 3.51. The third kappa shape index (κ3) is 3.71. The van der Waals surface area contributed by atoms with E-state index in [1.807, 2.05) is 37.3 Å². The Kier molecular flexibility index (Phi) is 4.33. The fourth-order valence-corrected chi connectivity index (χ4v) is 1.05. The number of hydrogen-bond acceptors (Lipinski definition) is 2. The molecular formula is C12H16O2. The smallest absolute Gasteiger partial charge is 0.134 e. The van der Waals surface area contributed by atoms with Crippen LogP contribution in [0.2, 0.25) is 0 Å². The van der Waals surface area contributed by atoms with Crippen LogP contribution in [-0.4, -0.2) is 12.4 Å². The van der Waals surface area contributed by atoms with E-state index >= 15 is 0 Å². The van der Waals surface area contributed by atoms with Gasteiger partial charge in [-0.25, -0.2) is 0 Å². The van der Waals surface area contributed by atoms with Gasteiger partial charge in [0.25, 0.3) is 0 Å². The van der Waals surface area contributed by atoms with Gasteiger partial charge in [-0.3, -0.25) is 4.79 Å². The van der Waals surface area contributed by atoms with Crippen LogP contribution in [-0.2, 0) is 16.1 Å². The number of carbonyl (C=O) groups excluding carboxylic acids is 1. The molecule has 1 rings (SSSR count). The second-order valence-electron chi connectivity index (χ2n) is 3.51. The summed E-state index contributed by atoms with van der Waals surface area (Å²) in [6, 6.07) is 9.96. The Morgan fingerprint density at radius 1 is 1.36 bits per heavy atom. The van der Waals surface area contributed by atoms with Crippen LogP contribution in [0.5, 0.6) is 0 Å². The van der Waals surface area contributed by atoms with Crippen molar-refractivity contribution < 1.29 is 9.53 Å². The quantitative estimate of drug-likeness (QED) is 0.716. The number of ether oxygens (including phenoxy) is 1. The van der Waals surface area contributed by atoms with Crippen LogP contribution in [0, 0.1) is 5.92 Å². The monoisotopic (exact) mass is 192 g/mol. The number of rotatable bonds is 5. The summed E-state index contributed by atoms with van der Waals surface area (Å²) in [5, 5.41) is 0. The van der Waals surface area contributed by atoms with Crippen LogP contribution < -0.4 is 0 Å². The van der Waals surface area contributed by atoms with Crippen molar-refractivity contribution in [3.05, 3.63) is 35.9 Å². The van der Waals surface area contributed by atoms with Crippen molar-refractivity contribution in [3.63, 3.8) is 0 Å². The lowest BCUT2D eigenvalue weighted by Crippen LogP contribution is -2.13. The van der Waals surface area contributed by atoms with E-state index in [-0.39, 0.29) is 11.7 Å². The van der Waals surface area contributed by atoms with E-state index in [4.69, 9.17) is 4.74 Å². The van der Waals surface area contributed by atoms with E-state index in [9.17, 15) is 4.79 Å². The lowest BCUT2D eigenvalue weighted by Gasteiger charge is -2.08. The fourth-order valence-electron chi connectivity index (χ4n) is 1.05. The minimum absolute atomic E-state index is 0.00119. The number of hydrogen-bond donors (Lipinski definition) is 0. The Hall–Kier alpha value is -1.15. The van der Waals surface area contributed by atoms with Crippen LogP contribution in [0.1, 0.15) is 19.4 Å². The maximum atomic E-state index is 10.9. The van der Waals surface area contributed by atoms with Gasteiger partial charge in [-0.2, -0.15) is 0 Å². The molecule has 0 bridgehead atoms. The summed E-state index contributed by atoms with van der Waals surface area (Å²) in [6.45, 7) is 4.56. The molecule has 0 heterocycles. The Morgan fingerprint density at radius 2 is 2.00 bits per heavy atom. The zero-order valence-corrected chi connectivity index (χ0v) is 8.69. The summed E-state index contributed by atoms with van der Waals surface area (Å²) in [4.78, 5) is 10.9. The molecular weight excluding hydrogens is 176 g/mol. The Bertz CT molecular complexity index is 280. The lowest BCUT2D eigenvalue weighted by molar-refractivity contribution is -0.122. The van der Waals surface area contributed by atoms with Crippen molar-refractivity contribution in [1.82, 2.24) is 0 Å². The van der Waals surface area contributed by atoms with E-state index in [0.29, 0.717) is 13.2 Å². The van der Waals surface area contributed by atoms with E-state index < -0.39 is 0 Å². The molecule has 0 saturated carbocycles. The van der Waals surface area contributed by atoms with E-state index in [1.165, 1.54) is 0 Å². The minimum Gasteiger partial charge on any atom is -0.376 e. The molecule has 0 aliphatic carbocycles. The highest BCUT2D eigenvalue weighted by Crippen LogP contribution is 2.03. The molecule has 1 atom stereocenters. The molecule has 0 aliphatic rings. The molecule has 76 valence electrons. The summed E-state index contributed by atoms with van der Waals surface area (Å²) in [5.74, 6) is 0.178. The lowest BCUT2D eigenvalue weighted by atomic mass is 10.1. The van der Waals surface area contributed by atoms with Crippen LogP contribution >= 0.6 is 0 Å². The number of ketones is 1. The highest BCUT2D eigenvalue weighted by molar-refractivity contribution is 5.77. The van der Waals surface area contributed by atoms with Crippen LogP contribution in [0.25, 0.3) is 0 Å². The molecule has 0 spiro atoms. The molecule has 2 nitrogen and oxygen atoms in total. The molecule has 0 unspecified atom stereocenters. The molecule has 0 fully saturated rings. The standard InChI is InChI=1S/C12H16O2/c1-10(11(2)13)8-14-9-12-6-4-3-5-7-12/h3-7,10H,8-9H2,1-2H3/t10-/m1/s1. The van der Waals surface area contributed by atoms with Gasteiger partial charge in [0, 0.05) is 5.92 Å². The average molecular weight is 192 g/mol. The third-order valence-electron chi connectivity index (χ3n) is 2.17. The highest BCUT2D eigenvalue weighted by Gasteiger charge is 2.06. The highest BCUT2D eigenvalue weighted by atomic mass is 16.5. The van der Waals surface area contributed by atoms with Gasteiger partial charge < -0.3 is 4.74 Å². The van der Waals surface area contributed by atoms with Gasteiger partial charge >= 0.3 is 0 Å². The Balaban J connectivity index is 2.26. The number of Topliss-reactive ketones (excluding diaryl/α,β-unsaturated/α-hetero) is 1. The molecule has 0 radical (unpaired) electrons. The first-order chi connectivity index (χ1) is 6.70. The average Bonchev–Trinajstić information content (AvgIpc) is 2.19. The first-order valence-electron chi connectivity index (χ1n) is 4.82. The zero-order valence-electron chi connectivity index (χ0n) is 8.69. The molecule has 0 amide bonds. The van der Waals surface area contributed by atoms with Crippen molar-refractivity contribution in [3.8, 4) is 0 Å². The molecule has 0 N–H and O–H groups in total. The maximum absolute atomic E-state index is 10.9. The third-order valence-corrected chi connectivity index (χ3v) is 2.17. The van der Waals surface area contributed by atoms with Gasteiger partial charge in [-0.15, -0.1) is 0 Å².